The number of fused-ring (bicyclic) bond motifs is 8. The van der Waals surface area contributed by atoms with Crippen molar-refractivity contribution in [3.63, 3.8) is 0 Å². The van der Waals surface area contributed by atoms with E-state index in [2.05, 4.69) is 152 Å². The molecule has 0 amide bonds. The highest BCUT2D eigenvalue weighted by molar-refractivity contribution is 6.07. The normalized spacial score (nSPS) is 14.3. The van der Waals surface area contributed by atoms with Crippen molar-refractivity contribution in [1.82, 2.24) is 9.97 Å². The Morgan fingerprint density at radius 2 is 0.982 bits per heavy atom. The van der Waals surface area contributed by atoms with Gasteiger partial charge in [0.05, 0.1) is 11.4 Å². The van der Waals surface area contributed by atoms with Crippen LogP contribution in [0.25, 0.3) is 89.2 Å². The smallest absolute Gasteiger partial charge is 0.160 e. The molecule has 55 heavy (non-hydrogen) atoms. The Morgan fingerprint density at radius 1 is 0.382 bits per heavy atom. The van der Waals surface area contributed by atoms with E-state index < -0.39 is 0 Å². The molecule has 3 heteroatoms. The first kappa shape index (κ1) is 31.9. The third kappa shape index (κ3) is 5.33. The van der Waals surface area contributed by atoms with Crippen LogP contribution in [0.3, 0.4) is 0 Å². The molecule has 0 saturated heterocycles. The summed E-state index contributed by atoms with van der Waals surface area (Å²) < 4.78 is 6.40. The number of aromatic nitrogens is 2. The molecule has 0 radical (unpaired) electrons. The van der Waals surface area contributed by atoms with Crippen molar-refractivity contribution in [2.75, 3.05) is 0 Å². The number of nitrogens with zero attached hydrogens (tertiary/aromatic N) is 2. The zero-order chi connectivity index (χ0) is 36.3. The Bertz CT molecular complexity index is 2880. The van der Waals surface area contributed by atoms with Crippen LogP contribution in [-0.2, 0) is 5.41 Å². The highest BCUT2D eigenvalue weighted by atomic mass is 16.3. The maximum absolute atomic E-state index is 6.40. The van der Waals surface area contributed by atoms with Crippen LogP contribution in [0.4, 0.5) is 0 Å². The highest BCUT2D eigenvalue weighted by Crippen LogP contribution is 2.57. The van der Waals surface area contributed by atoms with Crippen LogP contribution >= 0.6 is 0 Å². The van der Waals surface area contributed by atoms with Gasteiger partial charge in [0.2, 0.25) is 0 Å². The largest absolute Gasteiger partial charge is 0.456 e. The van der Waals surface area contributed by atoms with Crippen molar-refractivity contribution in [3.8, 4) is 67.3 Å². The molecule has 9 aromatic rings. The van der Waals surface area contributed by atoms with Gasteiger partial charge in [0.25, 0.3) is 0 Å². The summed E-state index contributed by atoms with van der Waals surface area (Å²) in [5, 5.41) is 2.43. The number of para-hydroxylation sites is 1. The molecule has 0 unspecified atom stereocenters. The summed E-state index contributed by atoms with van der Waals surface area (Å²) in [5.74, 6) is 0.721. The zero-order valence-electron chi connectivity index (χ0n) is 30.5. The van der Waals surface area contributed by atoms with Crippen molar-refractivity contribution >= 4 is 21.9 Å². The van der Waals surface area contributed by atoms with Crippen LogP contribution in [0.2, 0.25) is 0 Å². The lowest BCUT2D eigenvalue weighted by molar-refractivity contribution is 0.353. The third-order valence-electron chi connectivity index (χ3n) is 12.1. The lowest BCUT2D eigenvalue weighted by Gasteiger charge is -2.36. The van der Waals surface area contributed by atoms with Gasteiger partial charge in [0.15, 0.2) is 5.82 Å². The predicted octanol–water partition coefficient (Wildman–Crippen LogP) is 13.9. The van der Waals surface area contributed by atoms with Gasteiger partial charge in [-0.05, 0) is 93.7 Å². The Labute approximate surface area is 321 Å². The summed E-state index contributed by atoms with van der Waals surface area (Å²) in [6, 6.07) is 60.9. The van der Waals surface area contributed by atoms with E-state index in [0.717, 1.165) is 45.1 Å². The molecular formula is C52H38N2O. The molecule has 1 saturated carbocycles. The molecule has 2 aliphatic rings. The molecule has 1 spiro atoms. The van der Waals surface area contributed by atoms with Gasteiger partial charge in [-0.2, -0.15) is 0 Å². The summed E-state index contributed by atoms with van der Waals surface area (Å²) >= 11 is 0. The second kappa shape index (κ2) is 12.8. The zero-order valence-corrected chi connectivity index (χ0v) is 30.5. The Morgan fingerprint density at radius 3 is 1.78 bits per heavy atom. The van der Waals surface area contributed by atoms with E-state index in [1.807, 2.05) is 18.2 Å². The molecule has 0 atom stereocenters. The van der Waals surface area contributed by atoms with Crippen molar-refractivity contribution in [2.24, 2.45) is 0 Å². The first-order valence-corrected chi connectivity index (χ1v) is 19.5. The topological polar surface area (TPSA) is 38.9 Å². The molecule has 11 rings (SSSR count). The van der Waals surface area contributed by atoms with E-state index in [1.54, 1.807) is 0 Å². The summed E-state index contributed by atoms with van der Waals surface area (Å²) in [5.41, 5.74) is 17.3. The number of rotatable bonds is 5. The van der Waals surface area contributed by atoms with Crippen LogP contribution < -0.4 is 0 Å². The Kier molecular flexibility index (Phi) is 7.41. The van der Waals surface area contributed by atoms with E-state index >= 15 is 0 Å². The molecule has 0 aliphatic heterocycles. The first-order chi connectivity index (χ1) is 27.2. The van der Waals surface area contributed by atoms with Crippen LogP contribution in [0, 0.1) is 0 Å². The van der Waals surface area contributed by atoms with Crippen LogP contribution in [-0.4, -0.2) is 9.97 Å². The molecule has 0 N–H and O–H groups in total. The quantitative estimate of drug-likeness (QED) is 0.179. The van der Waals surface area contributed by atoms with Gasteiger partial charge < -0.3 is 4.42 Å². The standard InChI is InChI=1S/C52H38N2O/c1-4-13-34(14-5-1)35-21-23-36(24-22-35)47-33-48(54-51(53-47)37-15-6-2-7-16-37)40-18-12-17-38(29-40)39-25-26-41-43-32-50-44(42-19-8-9-20-49(42)55-50)31-46(43)52(45(41)30-39)27-10-3-11-28-52/h1-2,4-9,12-26,29-33H,3,10-11,27-28H2. The van der Waals surface area contributed by atoms with Gasteiger partial charge >= 0.3 is 0 Å². The van der Waals surface area contributed by atoms with Gasteiger partial charge in [-0.1, -0.05) is 153 Å². The fourth-order valence-corrected chi connectivity index (χ4v) is 9.37. The van der Waals surface area contributed by atoms with E-state index in [1.165, 1.54) is 87.4 Å². The molecule has 7 aromatic carbocycles. The fraction of sp³-hybridized carbons (Fsp3) is 0.115. The lowest BCUT2D eigenvalue weighted by Crippen LogP contribution is -2.28. The van der Waals surface area contributed by atoms with E-state index in [4.69, 9.17) is 14.4 Å². The van der Waals surface area contributed by atoms with Crippen molar-refractivity contribution in [1.29, 1.82) is 0 Å². The maximum atomic E-state index is 6.40. The Balaban J connectivity index is 1.01. The molecular weight excluding hydrogens is 669 g/mol. The van der Waals surface area contributed by atoms with Gasteiger partial charge in [-0.25, -0.2) is 9.97 Å². The Hall–Kier alpha value is -6.58. The molecule has 2 aliphatic carbocycles. The molecule has 262 valence electrons. The lowest BCUT2D eigenvalue weighted by atomic mass is 9.67. The average molecular weight is 707 g/mol. The fourth-order valence-electron chi connectivity index (χ4n) is 9.37. The number of furan rings is 1. The van der Waals surface area contributed by atoms with E-state index in [0.29, 0.717) is 0 Å². The summed E-state index contributed by atoms with van der Waals surface area (Å²) in [6.45, 7) is 0. The van der Waals surface area contributed by atoms with Gasteiger partial charge in [0, 0.05) is 32.9 Å². The van der Waals surface area contributed by atoms with Gasteiger partial charge in [-0.15, -0.1) is 0 Å². The number of benzene rings is 7. The van der Waals surface area contributed by atoms with Gasteiger partial charge in [0.1, 0.15) is 11.2 Å². The van der Waals surface area contributed by atoms with E-state index in [-0.39, 0.29) is 5.41 Å². The summed E-state index contributed by atoms with van der Waals surface area (Å²) in [6.07, 6.45) is 6.15. The number of hydrogen-bond donors (Lipinski definition) is 0. The second-order valence-corrected chi connectivity index (χ2v) is 15.2. The average Bonchev–Trinajstić information content (AvgIpc) is 3.75. The van der Waals surface area contributed by atoms with Crippen LogP contribution in [0.5, 0.6) is 0 Å². The van der Waals surface area contributed by atoms with Crippen LogP contribution in [0.1, 0.15) is 43.2 Å². The van der Waals surface area contributed by atoms with Crippen molar-refractivity contribution < 1.29 is 4.42 Å². The molecule has 2 heterocycles. The van der Waals surface area contributed by atoms with E-state index in [9.17, 15) is 0 Å². The summed E-state index contributed by atoms with van der Waals surface area (Å²) in [7, 11) is 0. The molecule has 2 aromatic heterocycles. The minimum absolute atomic E-state index is 0.0191. The second-order valence-electron chi connectivity index (χ2n) is 15.2. The third-order valence-corrected chi connectivity index (χ3v) is 12.1. The molecule has 3 nitrogen and oxygen atoms in total. The van der Waals surface area contributed by atoms with Crippen molar-refractivity contribution in [2.45, 2.75) is 37.5 Å². The minimum Gasteiger partial charge on any atom is -0.456 e. The highest BCUT2D eigenvalue weighted by Gasteiger charge is 2.44. The van der Waals surface area contributed by atoms with Crippen LogP contribution in [0.15, 0.2) is 174 Å². The van der Waals surface area contributed by atoms with Crippen molar-refractivity contribution in [3.05, 3.63) is 181 Å². The summed E-state index contributed by atoms with van der Waals surface area (Å²) in [4.78, 5) is 10.3. The number of hydrogen-bond acceptors (Lipinski definition) is 3. The minimum atomic E-state index is 0.0191. The first-order valence-electron chi connectivity index (χ1n) is 19.5. The van der Waals surface area contributed by atoms with Gasteiger partial charge in [-0.3, -0.25) is 0 Å². The maximum Gasteiger partial charge on any atom is 0.160 e. The monoisotopic (exact) mass is 706 g/mol. The molecule has 0 bridgehead atoms. The predicted molar refractivity (Wildman–Crippen MR) is 226 cm³/mol. The SMILES string of the molecule is c1ccc(-c2ccc(-c3cc(-c4cccc(-c5ccc6c(c5)C5(CCCCC5)c5cc7c(cc5-6)oc5ccccc57)c4)nc(-c4ccccc4)n3)cc2)cc1. The molecule has 1 fully saturated rings.